The third-order valence-corrected chi connectivity index (χ3v) is 8.86. The highest BCUT2D eigenvalue weighted by molar-refractivity contribution is 6.21. The molecule has 1 atom stereocenters. The zero-order valence-electron chi connectivity index (χ0n) is 28.8. The van der Waals surface area contributed by atoms with Gasteiger partial charge in [-0.3, -0.25) is 0 Å². The van der Waals surface area contributed by atoms with Crippen LogP contribution in [0.15, 0.2) is 183 Å². The Labute approximate surface area is 287 Å². The van der Waals surface area contributed by atoms with Gasteiger partial charge in [-0.2, -0.15) is 0 Å². The summed E-state index contributed by atoms with van der Waals surface area (Å²) in [6.07, 6.45) is 24.4. The van der Waals surface area contributed by atoms with Crippen molar-refractivity contribution in [1.82, 2.24) is 0 Å². The third-order valence-electron chi connectivity index (χ3n) is 8.86. The van der Waals surface area contributed by atoms with Gasteiger partial charge >= 0.3 is 0 Å². The van der Waals surface area contributed by atoms with E-state index in [1.807, 2.05) is 32.9 Å². The maximum absolute atomic E-state index is 4.15. The van der Waals surface area contributed by atoms with Crippen LogP contribution >= 0.6 is 0 Å². The van der Waals surface area contributed by atoms with Crippen molar-refractivity contribution in [2.24, 2.45) is 5.92 Å². The summed E-state index contributed by atoms with van der Waals surface area (Å²) in [5.41, 5.74) is 11.0. The molecular weight excluding hydrogens is 577 g/mol. The minimum atomic E-state index is 0.316. The largest absolute Gasteiger partial charge is 0.0990 e. The molecule has 0 radical (unpaired) electrons. The van der Waals surface area contributed by atoms with E-state index in [0.29, 0.717) is 5.92 Å². The van der Waals surface area contributed by atoms with Crippen molar-refractivity contribution >= 4 is 32.7 Å². The van der Waals surface area contributed by atoms with Crippen molar-refractivity contribution in [1.29, 1.82) is 0 Å². The van der Waals surface area contributed by atoms with Gasteiger partial charge in [0.25, 0.3) is 0 Å². The topological polar surface area (TPSA) is 0 Å². The van der Waals surface area contributed by atoms with Crippen molar-refractivity contribution in [2.45, 2.75) is 34.1 Å². The second kappa shape index (κ2) is 16.4. The number of rotatable bonds is 9. The summed E-state index contributed by atoms with van der Waals surface area (Å²) in [5.74, 6) is 0.316. The molecule has 0 nitrogen and oxygen atoms in total. The fourth-order valence-electron chi connectivity index (χ4n) is 6.88. The predicted octanol–water partition coefficient (Wildman–Crippen LogP) is 14.1. The molecule has 48 heavy (non-hydrogen) atoms. The van der Waals surface area contributed by atoms with Gasteiger partial charge in [0, 0.05) is 5.92 Å². The minimum absolute atomic E-state index is 0.316. The summed E-state index contributed by atoms with van der Waals surface area (Å²) < 4.78 is 0. The van der Waals surface area contributed by atoms with Crippen LogP contribution in [0.25, 0.3) is 54.9 Å². The average Bonchev–Trinajstić information content (AvgIpc) is 3.15. The minimum Gasteiger partial charge on any atom is -0.0990 e. The lowest BCUT2D eigenvalue weighted by Gasteiger charge is -2.25. The van der Waals surface area contributed by atoms with Crippen LogP contribution in [-0.2, 0) is 0 Å². The standard InChI is InChI=1S/C46H40.C2H6/c1-5-18-33(19-6-2)34-29-31-36(32-30-34)38-23-12-13-24-40(38)46-43-27-16-14-25-41(43)45(42-26-15-17-28-44(42)46)39(20-7-3)37(8-4)35-21-10-9-11-22-35;1-2/h5-21,23-32,35H,1,3,22H2,2,4H3;1-2H3/b19-6-,33-18+,37-8-,39-20+;. The van der Waals surface area contributed by atoms with Crippen LogP contribution in [0.4, 0.5) is 0 Å². The molecule has 0 saturated heterocycles. The molecule has 0 N–H and O–H groups in total. The lowest BCUT2D eigenvalue weighted by Crippen LogP contribution is -2.06. The molecule has 5 aromatic carbocycles. The Bertz CT molecular complexity index is 2040. The number of benzene rings is 5. The SMILES string of the molecule is C=C/C=C(\C=C/C)c1ccc(-c2ccccc2-c2c3ccccc3c(C(=C/C=C)/C(=C\C)C3C=CC=CC3)c3ccccc23)cc1.CC. The summed E-state index contributed by atoms with van der Waals surface area (Å²) >= 11 is 0. The van der Waals surface area contributed by atoms with Gasteiger partial charge in [-0.05, 0) is 91.9 Å². The van der Waals surface area contributed by atoms with Crippen molar-refractivity contribution in [2.75, 3.05) is 0 Å². The molecule has 0 amide bonds. The van der Waals surface area contributed by atoms with Crippen LogP contribution in [0.2, 0.25) is 0 Å². The second-order valence-electron chi connectivity index (χ2n) is 11.5. The molecule has 0 bridgehead atoms. The van der Waals surface area contributed by atoms with Crippen LogP contribution in [-0.4, -0.2) is 0 Å². The fraction of sp³-hybridized carbons (Fsp3) is 0.125. The molecule has 0 heteroatoms. The van der Waals surface area contributed by atoms with Gasteiger partial charge in [0.2, 0.25) is 0 Å². The number of hydrogen-bond acceptors (Lipinski definition) is 0. The van der Waals surface area contributed by atoms with E-state index in [1.54, 1.807) is 0 Å². The number of fused-ring (bicyclic) bond motifs is 2. The van der Waals surface area contributed by atoms with E-state index in [0.717, 1.165) is 12.0 Å². The number of hydrogen-bond donors (Lipinski definition) is 0. The second-order valence-corrected chi connectivity index (χ2v) is 11.5. The molecule has 0 saturated carbocycles. The zero-order chi connectivity index (χ0) is 33.9. The lowest BCUT2D eigenvalue weighted by atomic mass is 9.79. The third kappa shape index (κ3) is 6.80. The van der Waals surface area contributed by atoms with Gasteiger partial charge in [-0.1, -0.05) is 191 Å². The van der Waals surface area contributed by atoms with Gasteiger partial charge in [0.05, 0.1) is 0 Å². The predicted molar refractivity (Wildman–Crippen MR) is 215 cm³/mol. The van der Waals surface area contributed by atoms with Crippen LogP contribution < -0.4 is 0 Å². The molecule has 238 valence electrons. The molecule has 0 aromatic heterocycles. The summed E-state index contributed by atoms with van der Waals surface area (Å²) in [6.45, 7) is 16.3. The molecule has 1 aliphatic rings. The summed E-state index contributed by atoms with van der Waals surface area (Å²) in [4.78, 5) is 0. The van der Waals surface area contributed by atoms with Gasteiger partial charge in [-0.25, -0.2) is 0 Å². The molecule has 1 unspecified atom stereocenters. The summed E-state index contributed by atoms with van der Waals surface area (Å²) in [7, 11) is 0. The van der Waals surface area contributed by atoms with E-state index in [1.165, 1.54) is 66.1 Å². The monoisotopic (exact) mass is 622 g/mol. The van der Waals surface area contributed by atoms with Gasteiger partial charge in [-0.15, -0.1) is 0 Å². The van der Waals surface area contributed by atoms with Crippen LogP contribution in [0.5, 0.6) is 0 Å². The Morgan fingerprint density at radius 3 is 1.79 bits per heavy atom. The van der Waals surface area contributed by atoms with Gasteiger partial charge in [0.1, 0.15) is 0 Å². The highest BCUT2D eigenvalue weighted by Crippen LogP contribution is 2.47. The highest BCUT2D eigenvalue weighted by Gasteiger charge is 2.23. The summed E-state index contributed by atoms with van der Waals surface area (Å²) in [5, 5.41) is 4.98. The average molecular weight is 623 g/mol. The molecule has 0 fully saturated rings. The summed E-state index contributed by atoms with van der Waals surface area (Å²) in [6, 6.07) is 35.5. The first kappa shape index (κ1) is 33.9. The first-order chi connectivity index (χ1) is 23.7. The molecule has 6 rings (SSSR count). The quantitative estimate of drug-likeness (QED) is 0.113. The zero-order valence-corrected chi connectivity index (χ0v) is 28.8. The van der Waals surface area contributed by atoms with Crippen molar-refractivity contribution in [3.05, 3.63) is 194 Å². The maximum atomic E-state index is 4.15. The molecular formula is C48H46. The Balaban J connectivity index is 0.00000221. The first-order valence-corrected chi connectivity index (χ1v) is 17.1. The smallest absolute Gasteiger partial charge is 0.00585 e. The van der Waals surface area contributed by atoms with E-state index in [-0.39, 0.29) is 0 Å². The molecule has 0 spiro atoms. The Morgan fingerprint density at radius 1 is 0.667 bits per heavy atom. The van der Waals surface area contributed by atoms with E-state index in [4.69, 9.17) is 0 Å². The normalized spacial score (nSPS) is 15.1. The van der Waals surface area contributed by atoms with Crippen LogP contribution in [0, 0.1) is 5.92 Å². The molecule has 1 aliphatic carbocycles. The van der Waals surface area contributed by atoms with Crippen molar-refractivity contribution < 1.29 is 0 Å². The van der Waals surface area contributed by atoms with Crippen molar-refractivity contribution in [3.63, 3.8) is 0 Å². The molecule has 5 aromatic rings. The number of allylic oxidation sites excluding steroid dienone is 14. The van der Waals surface area contributed by atoms with Gasteiger partial charge < -0.3 is 0 Å². The lowest BCUT2D eigenvalue weighted by molar-refractivity contribution is 0.790. The van der Waals surface area contributed by atoms with Crippen LogP contribution in [0.3, 0.4) is 0 Å². The van der Waals surface area contributed by atoms with E-state index < -0.39 is 0 Å². The Hall–Kier alpha value is -5.46. The van der Waals surface area contributed by atoms with E-state index >= 15 is 0 Å². The molecule has 0 aliphatic heterocycles. The van der Waals surface area contributed by atoms with Gasteiger partial charge in [0.15, 0.2) is 0 Å². The highest BCUT2D eigenvalue weighted by atomic mass is 14.3. The van der Waals surface area contributed by atoms with Crippen LogP contribution in [0.1, 0.15) is 45.2 Å². The molecule has 0 heterocycles. The van der Waals surface area contributed by atoms with E-state index in [2.05, 4.69) is 172 Å². The maximum Gasteiger partial charge on any atom is 0.00585 e. The Kier molecular flexibility index (Phi) is 11.6. The van der Waals surface area contributed by atoms with Crippen molar-refractivity contribution in [3.8, 4) is 22.3 Å². The fourth-order valence-corrected chi connectivity index (χ4v) is 6.88. The van der Waals surface area contributed by atoms with E-state index in [9.17, 15) is 0 Å². The Morgan fingerprint density at radius 2 is 1.25 bits per heavy atom. The first-order valence-electron chi connectivity index (χ1n) is 17.1.